The Kier molecular flexibility index (Phi) is 3.81. The Morgan fingerprint density at radius 2 is 2.26 bits per heavy atom. The summed E-state index contributed by atoms with van der Waals surface area (Å²) in [6.45, 7) is 0. The van der Waals surface area contributed by atoms with Gasteiger partial charge < -0.3 is 9.52 Å². The van der Waals surface area contributed by atoms with Crippen molar-refractivity contribution in [2.45, 2.75) is 10.6 Å². The third-order valence-electron chi connectivity index (χ3n) is 2.16. The minimum absolute atomic E-state index is 0.0459. The number of hydrogen-bond donors (Lipinski definition) is 1. The molecule has 0 bridgehead atoms. The lowest BCUT2D eigenvalue weighted by molar-refractivity contribution is -0.402. The quantitative estimate of drug-likeness (QED) is 0.509. The molecule has 0 amide bonds. The first kappa shape index (κ1) is 13.1. The molecule has 0 spiro atoms. The van der Waals surface area contributed by atoms with Crippen molar-refractivity contribution in [3.8, 4) is 0 Å². The highest BCUT2D eigenvalue weighted by atomic mass is 32.2. The van der Waals surface area contributed by atoms with Crippen LogP contribution >= 0.6 is 11.8 Å². The largest absolute Gasteiger partial charge is 0.477 e. The molecule has 0 aromatic carbocycles. The van der Waals surface area contributed by atoms with E-state index in [-0.39, 0.29) is 11.6 Å². The lowest BCUT2D eigenvalue weighted by Crippen LogP contribution is -1.99. The number of aromatic nitrogens is 1. The molecule has 0 unspecified atom stereocenters. The summed E-state index contributed by atoms with van der Waals surface area (Å²) >= 11 is 1.31. The van der Waals surface area contributed by atoms with E-state index >= 15 is 0 Å². The molecule has 8 heteroatoms. The van der Waals surface area contributed by atoms with Crippen molar-refractivity contribution >= 4 is 23.6 Å². The number of carbonyl (C=O) groups is 1. The fraction of sp³-hybridized carbons (Fsp3) is 0.0909. The van der Waals surface area contributed by atoms with E-state index in [4.69, 9.17) is 9.52 Å². The van der Waals surface area contributed by atoms with Crippen LogP contribution in [0.15, 0.2) is 39.8 Å². The predicted molar refractivity (Wildman–Crippen MR) is 66.1 cm³/mol. The second-order valence-electron chi connectivity index (χ2n) is 3.47. The minimum atomic E-state index is -1.10. The van der Waals surface area contributed by atoms with Crippen molar-refractivity contribution < 1.29 is 19.2 Å². The van der Waals surface area contributed by atoms with E-state index in [0.717, 1.165) is 0 Å². The molecular formula is C11H8N2O5S. The SMILES string of the molecule is O=C(O)c1cc(SCc2ccc([N+](=O)[O-])o2)ccn1. The molecule has 0 atom stereocenters. The fourth-order valence-electron chi connectivity index (χ4n) is 1.31. The molecule has 2 aromatic heterocycles. The zero-order valence-corrected chi connectivity index (χ0v) is 10.3. The smallest absolute Gasteiger partial charge is 0.433 e. The molecule has 0 aliphatic carbocycles. The van der Waals surface area contributed by atoms with Crippen LogP contribution in [0.25, 0.3) is 0 Å². The van der Waals surface area contributed by atoms with Crippen molar-refractivity contribution in [3.63, 3.8) is 0 Å². The van der Waals surface area contributed by atoms with E-state index in [9.17, 15) is 14.9 Å². The van der Waals surface area contributed by atoms with Gasteiger partial charge in [-0.2, -0.15) is 0 Å². The summed E-state index contributed by atoms with van der Waals surface area (Å²) < 4.78 is 4.99. The van der Waals surface area contributed by atoms with Crippen LogP contribution in [0.1, 0.15) is 16.2 Å². The van der Waals surface area contributed by atoms with Crippen LogP contribution in [0, 0.1) is 10.1 Å². The van der Waals surface area contributed by atoms with Crippen LogP contribution in [0.3, 0.4) is 0 Å². The number of carboxylic acids is 1. The van der Waals surface area contributed by atoms with Crippen molar-refractivity contribution in [2.24, 2.45) is 0 Å². The molecule has 7 nitrogen and oxygen atoms in total. The number of aromatic carboxylic acids is 1. The van der Waals surface area contributed by atoms with E-state index < -0.39 is 10.9 Å². The molecule has 0 saturated carbocycles. The van der Waals surface area contributed by atoms with Gasteiger partial charge in [-0.3, -0.25) is 10.1 Å². The third kappa shape index (κ3) is 3.32. The van der Waals surface area contributed by atoms with Gasteiger partial charge in [0.2, 0.25) is 0 Å². The van der Waals surface area contributed by atoms with Gasteiger partial charge in [-0.15, -0.1) is 11.8 Å². The van der Waals surface area contributed by atoms with Crippen LogP contribution in [-0.2, 0) is 5.75 Å². The van der Waals surface area contributed by atoms with Gasteiger partial charge in [0.1, 0.15) is 16.4 Å². The second-order valence-corrected chi connectivity index (χ2v) is 4.52. The van der Waals surface area contributed by atoms with Crippen LogP contribution in [0.4, 0.5) is 5.88 Å². The Morgan fingerprint density at radius 3 is 2.89 bits per heavy atom. The number of carboxylic acid groups (broad SMARTS) is 1. The molecule has 2 aromatic rings. The molecule has 0 aliphatic rings. The molecule has 0 saturated heterocycles. The van der Waals surface area contributed by atoms with Gasteiger partial charge in [0.25, 0.3) is 0 Å². The third-order valence-corrected chi connectivity index (χ3v) is 3.18. The number of thioether (sulfide) groups is 1. The Balaban J connectivity index is 2.03. The van der Waals surface area contributed by atoms with Crippen molar-refractivity contribution in [2.75, 3.05) is 0 Å². The maximum Gasteiger partial charge on any atom is 0.433 e. The summed E-state index contributed by atoms with van der Waals surface area (Å²) in [7, 11) is 0. The average molecular weight is 280 g/mol. The second kappa shape index (κ2) is 5.53. The fourth-order valence-corrected chi connectivity index (χ4v) is 2.13. The molecule has 2 heterocycles. The van der Waals surface area contributed by atoms with Gasteiger partial charge in [0, 0.05) is 11.1 Å². The van der Waals surface area contributed by atoms with Crippen molar-refractivity contribution in [3.05, 3.63) is 52.0 Å². The Hall–Kier alpha value is -2.35. The topological polar surface area (TPSA) is 106 Å². The first-order valence-corrected chi connectivity index (χ1v) is 6.10. The molecular weight excluding hydrogens is 272 g/mol. The summed E-state index contributed by atoms with van der Waals surface area (Å²) in [5, 5.41) is 19.2. The zero-order valence-electron chi connectivity index (χ0n) is 9.48. The average Bonchev–Trinajstić information content (AvgIpc) is 2.85. The maximum absolute atomic E-state index is 10.7. The van der Waals surface area contributed by atoms with Crippen molar-refractivity contribution in [1.82, 2.24) is 4.98 Å². The molecule has 19 heavy (non-hydrogen) atoms. The molecule has 1 N–H and O–H groups in total. The molecule has 0 fully saturated rings. The molecule has 2 rings (SSSR count). The molecule has 98 valence electrons. The van der Waals surface area contributed by atoms with Gasteiger partial charge in [-0.05, 0) is 18.2 Å². The number of hydrogen-bond acceptors (Lipinski definition) is 6. The summed E-state index contributed by atoms with van der Waals surface area (Å²) in [5.74, 6) is -0.588. The van der Waals surface area contributed by atoms with Gasteiger partial charge in [0.05, 0.1) is 11.8 Å². The maximum atomic E-state index is 10.7. The van der Waals surface area contributed by atoms with Crippen molar-refractivity contribution in [1.29, 1.82) is 0 Å². The van der Waals surface area contributed by atoms with Gasteiger partial charge in [0.15, 0.2) is 0 Å². The molecule has 0 aliphatic heterocycles. The van der Waals surface area contributed by atoms with Gasteiger partial charge >= 0.3 is 11.9 Å². The summed E-state index contributed by atoms with van der Waals surface area (Å²) in [5.41, 5.74) is -0.0459. The summed E-state index contributed by atoms with van der Waals surface area (Å²) in [6.07, 6.45) is 1.40. The van der Waals surface area contributed by atoms with E-state index in [1.165, 1.54) is 36.2 Å². The van der Waals surface area contributed by atoms with Crippen LogP contribution in [-0.4, -0.2) is 21.0 Å². The summed E-state index contributed by atoms with van der Waals surface area (Å²) in [4.78, 5) is 25.0. The van der Waals surface area contributed by atoms with E-state index in [1.807, 2.05) is 0 Å². The van der Waals surface area contributed by atoms with E-state index in [1.54, 1.807) is 6.07 Å². The van der Waals surface area contributed by atoms with Gasteiger partial charge in [-0.25, -0.2) is 9.78 Å². The number of nitrogens with zero attached hydrogens (tertiary/aromatic N) is 2. The summed E-state index contributed by atoms with van der Waals surface area (Å²) in [6, 6.07) is 5.90. The van der Waals surface area contributed by atoms with Crippen LogP contribution < -0.4 is 0 Å². The zero-order chi connectivity index (χ0) is 13.8. The monoisotopic (exact) mass is 280 g/mol. The predicted octanol–water partition coefficient (Wildman–Crippen LogP) is 2.57. The molecule has 0 radical (unpaired) electrons. The minimum Gasteiger partial charge on any atom is -0.477 e. The van der Waals surface area contributed by atoms with E-state index in [2.05, 4.69) is 4.98 Å². The van der Waals surface area contributed by atoms with Crippen LogP contribution in [0.2, 0.25) is 0 Å². The van der Waals surface area contributed by atoms with Gasteiger partial charge in [-0.1, -0.05) is 0 Å². The normalized spacial score (nSPS) is 10.3. The lowest BCUT2D eigenvalue weighted by atomic mass is 10.3. The van der Waals surface area contributed by atoms with Crippen LogP contribution in [0.5, 0.6) is 0 Å². The highest BCUT2D eigenvalue weighted by molar-refractivity contribution is 7.98. The first-order valence-electron chi connectivity index (χ1n) is 5.11. The highest BCUT2D eigenvalue weighted by Crippen LogP contribution is 2.25. The number of furan rings is 1. The number of nitro groups is 1. The van der Waals surface area contributed by atoms with E-state index in [0.29, 0.717) is 16.4 Å². The number of pyridine rings is 1. The Bertz CT molecular complexity index is 625. The standard InChI is InChI=1S/C11H8N2O5S/c14-11(15)9-5-8(3-4-12-9)19-6-7-1-2-10(18-7)13(16)17/h1-5H,6H2,(H,14,15). The Labute approximate surface area is 111 Å². The number of rotatable bonds is 5. The lowest BCUT2D eigenvalue weighted by Gasteiger charge is -2.00. The highest BCUT2D eigenvalue weighted by Gasteiger charge is 2.12. The first-order chi connectivity index (χ1) is 9.06. The Morgan fingerprint density at radius 1 is 1.47 bits per heavy atom.